The fraction of sp³-hybridized carbons (Fsp3) is 0.500. The van der Waals surface area contributed by atoms with Crippen LogP contribution >= 0.6 is 0 Å². The number of rotatable bonds is 4. The van der Waals surface area contributed by atoms with Gasteiger partial charge in [-0.25, -0.2) is 4.99 Å². The fourth-order valence-corrected chi connectivity index (χ4v) is 2.31. The SMILES string of the molecule is C=Nc1c(C(=N)N)ccn1[C@H]1C[C@@H](C)C(CO)O1. The summed E-state index contributed by atoms with van der Waals surface area (Å²) in [6.07, 6.45) is 2.24. The van der Waals surface area contributed by atoms with Crippen molar-refractivity contribution in [2.45, 2.75) is 25.7 Å². The van der Waals surface area contributed by atoms with E-state index in [-0.39, 0.29) is 30.7 Å². The van der Waals surface area contributed by atoms with Crippen LogP contribution in [0.4, 0.5) is 5.82 Å². The Morgan fingerprint density at radius 2 is 2.50 bits per heavy atom. The molecule has 1 fully saturated rings. The van der Waals surface area contributed by atoms with Crippen molar-refractivity contribution in [3.8, 4) is 0 Å². The molecule has 98 valence electrons. The second-order valence-electron chi connectivity index (χ2n) is 4.56. The molecule has 0 spiro atoms. The van der Waals surface area contributed by atoms with Crippen LogP contribution in [0.3, 0.4) is 0 Å². The highest BCUT2D eigenvalue weighted by Gasteiger charge is 2.33. The molecule has 2 heterocycles. The van der Waals surface area contributed by atoms with E-state index in [1.807, 2.05) is 11.5 Å². The standard InChI is InChI=1S/C12H18N4O2/c1-7-5-10(18-9(7)6-17)16-4-3-8(11(13)14)12(16)15-2/h3-4,7,9-10,17H,2,5-6H2,1H3,(H3,13,14)/t7-,9?,10-/m1/s1. The Kier molecular flexibility index (Phi) is 3.49. The van der Waals surface area contributed by atoms with Crippen LogP contribution in [0.15, 0.2) is 17.3 Å². The summed E-state index contributed by atoms with van der Waals surface area (Å²) >= 11 is 0. The number of nitrogens with zero attached hydrogens (tertiary/aromatic N) is 2. The Balaban J connectivity index is 2.30. The summed E-state index contributed by atoms with van der Waals surface area (Å²) in [6, 6.07) is 1.73. The summed E-state index contributed by atoms with van der Waals surface area (Å²) in [4.78, 5) is 3.92. The molecule has 6 heteroatoms. The first-order chi connectivity index (χ1) is 8.58. The van der Waals surface area contributed by atoms with E-state index in [0.29, 0.717) is 11.4 Å². The summed E-state index contributed by atoms with van der Waals surface area (Å²) in [5, 5.41) is 16.7. The van der Waals surface area contributed by atoms with Gasteiger partial charge in [0.2, 0.25) is 0 Å². The molecule has 1 aliphatic heterocycles. The van der Waals surface area contributed by atoms with Crippen molar-refractivity contribution in [1.82, 2.24) is 4.57 Å². The summed E-state index contributed by atoms with van der Waals surface area (Å²) in [5.41, 5.74) is 6.03. The molecule has 1 unspecified atom stereocenters. The van der Waals surface area contributed by atoms with Crippen molar-refractivity contribution in [1.29, 1.82) is 5.41 Å². The number of hydrogen-bond donors (Lipinski definition) is 3. The third-order valence-electron chi connectivity index (χ3n) is 3.36. The Morgan fingerprint density at radius 1 is 1.78 bits per heavy atom. The number of hydrogen-bond acceptors (Lipinski definition) is 4. The minimum absolute atomic E-state index is 0.00928. The van der Waals surface area contributed by atoms with E-state index in [1.165, 1.54) is 0 Å². The summed E-state index contributed by atoms with van der Waals surface area (Å²) in [7, 11) is 0. The molecule has 0 amide bonds. The first-order valence-corrected chi connectivity index (χ1v) is 5.86. The number of nitrogen functional groups attached to an aromatic ring is 1. The number of aliphatic imine (C=N–C) groups is 1. The van der Waals surface area contributed by atoms with Gasteiger partial charge in [0.25, 0.3) is 0 Å². The third-order valence-corrected chi connectivity index (χ3v) is 3.36. The van der Waals surface area contributed by atoms with Gasteiger partial charge in [0.05, 0.1) is 18.3 Å². The predicted molar refractivity (Wildman–Crippen MR) is 69.4 cm³/mol. The molecule has 3 atom stereocenters. The molecular formula is C12H18N4O2. The maximum Gasteiger partial charge on any atom is 0.144 e. The van der Waals surface area contributed by atoms with Crippen LogP contribution in [-0.2, 0) is 4.74 Å². The lowest BCUT2D eigenvalue weighted by Gasteiger charge is -2.16. The van der Waals surface area contributed by atoms with Crippen molar-refractivity contribution < 1.29 is 9.84 Å². The molecule has 1 aliphatic rings. The molecule has 0 radical (unpaired) electrons. The van der Waals surface area contributed by atoms with Gasteiger partial charge in [0.15, 0.2) is 0 Å². The van der Waals surface area contributed by atoms with E-state index in [1.54, 1.807) is 12.3 Å². The van der Waals surface area contributed by atoms with Crippen LogP contribution in [0.2, 0.25) is 0 Å². The molecule has 4 N–H and O–H groups in total. The average Bonchev–Trinajstić information content (AvgIpc) is 2.91. The second kappa shape index (κ2) is 4.91. The lowest BCUT2D eigenvalue weighted by molar-refractivity contribution is -0.0283. The molecule has 1 saturated heterocycles. The average molecular weight is 250 g/mol. The van der Waals surface area contributed by atoms with Gasteiger partial charge in [0.1, 0.15) is 17.9 Å². The van der Waals surface area contributed by atoms with Gasteiger partial charge >= 0.3 is 0 Å². The molecular weight excluding hydrogens is 232 g/mol. The lowest BCUT2D eigenvalue weighted by atomic mass is 10.0. The van der Waals surface area contributed by atoms with Crippen LogP contribution in [0.5, 0.6) is 0 Å². The Hall–Kier alpha value is -1.66. The van der Waals surface area contributed by atoms with E-state index < -0.39 is 0 Å². The van der Waals surface area contributed by atoms with Gasteiger partial charge in [-0.05, 0) is 25.1 Å². The minimum Gasteiger partial charge on any atom is -0.394 e. The number of aromatic nitrogens is 1. The number of amidine groups is 1. The summed E-state index contributed by atoms with van der Waals surface area (Å²) in [5.74, 6) is 0.778. The molecule has 1 aromatic heterocycles. The zero-order valence-corrected chi connectivity index (χ0v) is 10.3. The first kappa shape index (κ1) is 12.8. The number of aliphatic hydroxyl groups is 1. The Labute approximate surface area is 106 Å². The summed E-state index contributed by atoms with van der Waals surface area (Å²) in [6.45, 7) is 5.56. The summed E-state index contributed by atoms with van der Waals surface area (Å²) < 4.78 is 7.57. The van der Waals surface area contributed by atoms with Crippen LogP contribution in [-0.4, -0.2) is 34.9 Å². The number of ether oxygens (including phenoxy) is 1. The molecule has 2 rings (SSSR count). The third kappa shape index (κ3) is 2.04. The van der Waals surface area contributed by atoms with Gasteiger partial charge < -0.3 is 20.1 Å². The number of nitrogens with two attached hydrogens (primary N) is 1. The second-order valence-corrected chi connectivity index (χ2v) is 4.56. The van der Waals surface area contributed by atoms with Gasteiger partial charge in [-0.2, -0.15) is 0 Å². The monoisotopic (exact) mass is 250 g/mol. The highest BCUT2D eigenvalue weighted by atomic mass is 16.5. The number of aliphatic hydroxyl groups excluding tert-OH is 1. The van der Waals surface area contributed by atoms with E-state index in [9.17, 15) is 5.11 Å². The highest BCUT2D eigenvalue weighted by Crippen LogP contribution is 2.36. The van der Waals surface area contributed by atoms with Gasteiger partial charge in [-0.3, -0.25) is 5.41 Å². The van der Waals surface area contributed by atoms with E-state index in [0.717, 1.165) is 6.42 Å². The number of nitrogens with one attached hydrogen (secondary N) is 1. The predicted octanol–water partition coefficient (Wildman–Crippen LogP) is 1.02. The van der Waals surface area contributed by atoms with Crippen LogP contribution in [0, 0.1) is 11.3 Å². The zero-order valence-electron chi connectivity index (χ0n) is 10.3. The van der Waals surface area contributed by atoms with Crippen LogP contribution in [0.25, 0.3) is 0 Å². The maximum absolute atomic E-state index is 9.20. The Bertz CT molecular complexity index is 469. The van der Waals surface area contributed by atoms with Gasteiger partial charge in [-0.15, -0.1) is 0 Å². The molecule has 6 nitrogen and oxygen atoms in total. The topological polar surface area (TPSA) is 96.6 Å². The molecule has 0 bridgehead atoms. The minimum atomic E-state index is -0.189. The highest BCUT2D eigenvalue weighted by molar-refractivity contribution is 5.99. The quantitative estimate of drug-likeness (QED) is 0.549. The first-order valence-electron chi connectivity index (χ1n) is 5.86. The molecule has 0 saturated carbocycles. The Morgan fingerprint density at radius 3 is 3.00 bits per heavy atom. The van der Waals surface area contributed by atoms with Crippen LogP contribution in [0.1, 0.15) is 25.1 Å². The molecule has 1 aromatic rings. The van der Waals surface area contributed by atoms with Crippen molar-refractivity contribution in [3.63, 3.8) is 0 Å². The zero-order chi connectivity index (χ0) is 13.3. The van der Waals surface area contributed by atoms with E-state index >= 15 is 0 Å². The molecule has 0 aliphatic carbocycles. The van der Waals surface area contributed by atoms with Gasteiger partial charge in [-0.1, -0.05) is 6.92 Å². The van der Waals surface area contributed by atoms with Crippen molar-refractivity contribution in [2.24, 2.45) is 16.6 Å². The van der Waals surface area contributed by atoms with E-state index in [2.05, 4.69) is 11.7 Å². The van der Waals surface area contributed by atoms with Gasteiger partial charge in [0, 0.05) is 6.20 Å². The van der Waals surface area contributed by atoms with Crippen molar-refractivity contribution in [2.75, 3.05) is 6.61 Å². The van der Waals surface area contributed by atoms with Crippen molar-refractivity contribution >= 4 is 18.4 Å². The smallest absolute Gasteiger partial charge is 0.144 e. The molecule has 0 aromatic carbocycles. The maximum atomic E-state index is 9.20. The van der Waals surface area contributed by atoms with E-state index in [4.69, 9.17) is 15.9 Å². The largest absolute Gasteiger partial charge is 0.394 e. The molecule has 18 heavy (non-hydrogen) atoms. The fourth-order valence-electron chi connectivity index (χ4n) is 2.31. The normalized spacial score (nSPS) is 27.3. The van der Waals surface area contributed by atoms with Crippen molar-refractivity contribution in [3.05, 3.63) is 17.8 Å². The lowest BCUT2D eigenvalue weighted by Crippen LogP contribution is -2.18. The van der Waals surface area contributed by atoms with Crippen LogP contribution < -0.4 is 5.73 Å².